The first-order valence-corrected chi connectivity index (χ1v) is 40.5. The van der Waals surface area contributed by atoms with Gasteiger partial charge in [0, 0.05) is 55.8 Å². The summed E-state index contributed by atoms with van der Waals surface area (Å²) in [4.78, 5) is 5.14. The smallest absolute Gasteiger partial charge is 0.252 e. The average Bonchev–Trinajstić information content (AvgIpc) is 0.905. The summed E-state index contributed by atoms with van der Waals surface area (Å²) in [6, 6.07) is 115. The van der Waals surface area contributed by atoms with Gasteiger partial charge in [-0.1, -0.05) is 383 Å². The van der Waals surface area contributed by atoms with Crippen LogP contribution in [0.4, 0.5) is 34.1 Å². The maximum atomic E-state index is 10.3. The Labute approximate surface area is 681 Å². The van der Waals surface area contributed by atoms with Gasteiger partial charge in [-0.25, -0.2) is 0 Å². The molecule has 16 aromatic rings. The van der Waals surface area contributed by atoms with Crippen molar-refractivity contribution in [3.8, 4) is 94.7 Å². The molecule has 3 heterocycles. The minimum Gasteiger partial charge on any atom is -0.310 e. The van der Waals surface area contributed by atoms with Crippen LogP contribution in [0.15, 0.2) is 334 Å². The summed E-state index contributed by atoms with van der Waals surface area (Å²) >= 11 is 0. The fourth-order valence-electron chi connectivity index (χ4n) is 17.5. The van der Waals surface area contributed by atoms with E-state index < -0.39 is 6.71 Å². The van der Waals surface area contributed by atoms with Crippen LogP contribution in [0, 0.1) is 0 Å². The third-order valence-electron chi connectivity index (χ3n) is 23.8. The molecule has 2 aliphatic rings. The zero-order valence-electron chi connectivity index (χ0n) is 72.4. The van der Waals surface area contributed by atoms with Crippen molar-refractivity contribution < 1.29 is 5.48 Å². The van der Waals surface area contributed by atoms with E-state index in [0.29, 0.717) is 10.9 Å². The van der Waals surface area contributed by atoms with Gasteiger partial charge in [0.1, 0.15) is 0 Å². The number of para-hydroxylation sites is 3. The molecule has 18 rings (SSSR count). The number of benzene rings is 15. The normalized spacial score (nSPS) is 13.5. The zero-order valence-corrected chi connectivity index (χ0v) is 68.4. The van der Waals surface area contributed by atoms with Gasteiger partial charge in [-0.3, -0.25) is 0 Å². The minimum absolute atomic E-state index is 0.0753. The first-order valence-electron chi connectivity index (χ1n) is 42.5. The van der Waals surface area contributed by atoms with Crippen molar-refractivity contribution in [3.63, 3.8) is 0 Å². The van der Waals surface area contributed by atoms with Crippen molar-refractivity contribution in [3.05, 3.63) is 361 Å². The Morgan fingerprint density at radius 2 is 0.579 bits per heavy atom. The standard InChI is InChI=1S/C110H100BN3/c1-106(2,3)83-54-57-98-94(68-83)93-46-28-29-51-97(93)112(98)88-69-101-103-102(70-88)114(105-91(73-38-24-18-25-39-73)49-33-50-92(105)74-40-26-19-27-41-74)100-56-53-80(76-43-31-45-78(59-76)82-62-86(109(10,11)12)67-87(63-82)110(13,14)15)65-96(100)111(103)95-64-79(75-42-30-44-77(58-75)81-60-84(107(4,5)6)66-85(61-81)108(7,8)9)52-55-99(95)113(101)104-89(71-34-20-16-21-35-71)47-32-48-90(104)72-36-22-17-23-37-72/h16-70H,1-15H3/i28D,29D,46D,51D. The highest BCUT2D eigenvalue weighted by Gasteiger charge is 2.46. The maximum absolute atomic E-state index is 10.3. The van der Waals surface area contributed by atoms with Gasteiger partial charge < -0.3 is 14.4 Å². The van der Waals surface area contributed by atoms with Gasteiger partial charge in [0.2, 0.25) is 0 Å². The van der Waals surface area contributed by atoms with Crippen molar-refractivity contribution in [2.75, 3.05) is 9.80 Å². The van der Waals surface area contributed by atoms with E-state index in [-0.39, 0.29) is 51.2 Å². The van der Waals surface area contributed by atoms with E-state index in [2.05, 4.69) is 428 Å². The van der Waals surface area contributed by atoms with Crippen LogP contribution in [0.5, 0.6) is 0 Å². The fraction of sp³-hybridized carbons (Fsp3) is 0.182. The SMILES string of the molecule is [2H]c1c([2H])c([2H])c2c(c1[2H])c1cc(C(C)(C)C)ccc1n2-c1cc2c3c(c1)N(c1c(-c4ccccc4)cccc1-c1ccccc1)c1ccc(-c4cccc(-c5cc(C(C)(C)C)cc(C(C)(C)C)c5)c4)cc1B3c1cc(-c3cccc(-c4cc(C(C)(C)C)cc(C(C)(C)C)c4)c3)ccc1N2c1c(-c2ccccc2)cccc1-c1ccccc1. The van der Waals surface area contributed by atoms with Crippen LogP contribution in [-0.2, 0) is 27.1 Å². The predicted molar refractivity (Wildman–Crippen MR) is 492 cm³/mol. The maximum Gasteiger partial charge on any atom is 0.252 e. The number of nitrogens with zero attached hydrogens (tertiary/aromatic N) is 3. The minimum atomic E-state index is -0.448. The van der Waals surface area contributed by atoms with E-state index in [1.54, 1.807) is 0 Å². The number of fused-ring (bicyclic) bond motifs is 7. The molecule has 15 aromatic carbocycles. The number of hydrogen-bond acceptors (Lipinski definition) is 2. The lowest BCUT2D eigenvalue weighted by atomic mass is 9.33. The summed E-state index contributed by atoms with van der Waals surface area (Å²) < 4.78 is 41.5. The Bertz CT molecular complexity index is 6180. The molecule has 0 amide bonds. The van der Waals surface area contributed by atoms with Crippen LogP contribution in [0.25, 0.3) is 117 Å². The van der Waals surface area contributed by atoms with Crippen LogP contribution in [-0.4, -0.2) is 11.3 Å². The zero-order chi connectivity index (χ0) is 82.4. The van der Waals surface area contributed by atoms with E-state index in [9.17, 15) is 5.48 Å². The number of rotatable bonds is 11. The van der Waals surface area contributed by atoms with Gasteiger partial charge >= 0.3 is 0 Å². The van der Waals surface area contributed by atoms with Crippen LogP contribution in [0.2, 0.25) is 0 Å². The lowest BCUT2D eigenvalue weighted by Crippen LogP contribution is -2.61. The molecule has 0 N–H and O–H groups in total. The molecule has 0 bridgehead atoms. The molecule has 4 heteroatoms. The Morgan fingerprint density at radius 1 is 0.246 bits per heavy atom. The highest BCUT2D eigenvalue weighted by atomic mass is 15.2. The topological polar surface area (TPSA) is 11.4 Å². The Hall–Kier alpha value is -12.2. The molecule has 0 aliphatic carbocycles. The summed E-state index contributed by atoms with van der Waals surface area (Å²) in [7, 11) is 0. The molecular formula is C110H100BN3. The summed E-state index contributed by atoms with van der Waals surface area (Å²) in [6.45, 7) is 33.9. The van der Waals surface area contributed by atoms with Gasteiger partial charge in [0.25, 0.3) is 6.71 Å². The van der Waals surface area contributed by atoms with Gasteiger partial charge in [0.05, 0.1) is 33.6 Å². The molecule has 558 valence electrons. The van der Waals surface area contributed by atoms with Crippen LogP contribution in [0.1, 0.15) is 137 Å². The van der Waals surface area contributed by atoms with E-state index in [1.807, 2.05) is 0 Å². The number of anilines is 6. The number of aromatic nitrogens is 1. The Balaban J connectivity index is 1.02. The molecule has 2 aliphatic heterocycles. The van der Waals surface area contributed by atoms with Crippen LogP contribution >= 0.6 is 0 Å². The van der Waals surface area contributed by atoms with Gasteiger partial charge in [-0.2, -0.15) is 0 Å². The fourth-order valence-corrected chi connectivity index (χ4v) is 17.5. The molecule has 0 unspecified atom stereocenters. The first kappa shape index (κ1) is 68.6. The Kier molecular flexibility index (Phi) is 16.7. The summed E-state index contributed by atoms with van der Waals surface area (Å²) in [5, 5.41) is 1.23. The molecule has 1 aromatic heterocycles. The molecule has 0 atom stereocenters. The lowest BCUT2D eigenvalue weighted by molar-refractivity contribution is 0.568. The average molecular weight is 1480 g/mol. The van der Waals surface area contributed by atoms with Crippen molar-refractivity contribution in [2.24, 2.45) is 0 Å². The Morgan fingerprint density at radius 3 is 0.947 bits per heavy atom. The van der Waals surface area contributed by atoms with Crippen molar-refractivity contribution in [1.29, 1.82) is 0 Å². The van der Waals surface area contributed by atoms with E-state index in [4.69, 9.17) is 0 Å². The van der Waals surface area contributed by atoms with E-state index in [0.717, 1.165) is 151 Å². The monoisotopic (exact) mass is 1480 g/mol. The largest absolute Gasteiger partial charge is 0.310 e. The summed E-state index contributed by atoms with van der Waals surface area (Å²) in [5.41, 5.74) is 34.1. The van der Waals surface area contributed by atoms with Gasteiger partial charge in [-0.05, 0) is 193 Å². The van der Waals surface area contributed by atoms with Gasteiger partial charge in [0.15, 0.2) is 0 Å². The molecule has 0 saturated carbocycles. The third kappa shape index (κ3) is 13.2. The second-order valence-corrected chi connectivity index (χ2v) is 36.7. The number of hydrogen-bond donors (Lipinski definition) is 0. The van der Waals surface area contributed by atoms with Gasteiger partial charge in [-0.15, -0.1) is 0 Å². The van der Waals surface area contributed by atoms with E-state index in [1.165, 1.54) is 33.4 Å². The van der Waals surface area contributed by atoms with Crippen molar-refractivity contribution >= 4 is 79.0 Å². The first-order chi connectivity index (χ1) is 56.3. The molecule has 0 fully saturated rings. The predicted octanol–water partition coefficient (Wildman–Crippen LogP) is 28.7. The molecule has 0 saturated heterocycles. The second-order valence-electron chi connectivity index (χ2n) is 36.7. The molecule has 3 nitrogen and oxygen atoms in total. The highest BCUT2D eigenvalue weighted by Crippen LogP contribution is 2.55. The van der Waals surface area contributed by atoms with Crippen LogP contribution in [0.3, 0.4) is 0 Å². The summed E-state index contributed by atoms with van der Waals surface area (Å²) in [5.74, 6) is 0. The molecule has 0 spiro atoms. The van der Waals surface area contributed by atoms with Crippen molar-refractivity contribution in [1.82, 2.24) is 4.57 Å². The molecule has 114 heavy (non-hydrogen) atoms. The third-order valence-corrected chi connectivity index (χ3v) is 23.8. The van der Waals surface area contributed by atoms with E-state index >= 15 is 0 Å². The quantitative estimate of drug-likeness (QED) is 0.120. The van der Waals surface area contributed by atoms with Crippen LogP contribution < -0.4 is 26.2 Å². The lowest BCUT2D eigenvalue weighted by Gasteiger charge is -2.46. The van der Waals surface area contributed by atoms with Crippen molar-refractivity contribution in [2.45, 2.75) is 131 Å². The summed E-state index contributed by atoms with van der Waals surface area (Å²) in [6.07, 6.45) is 0. The molecule has 0 radical (unpaired) electrons. The highest BCUT2D eigenvalue weighted by molar-refractivity contribution is 7.00. The second kappa shape index (κ2) is 27.9. The molecular weight excluding hydrogens is 1370 g/mol.